The van der Waals surface area contributed by atoms with Gasteiger partial charge in [0.05, 0.1) is 10.8 Å². The van der Waals surface area contributed by atoms with Crippen molar-refractivity contribution in [3.8, 4) is 0 Å². The molecule has 7 nitrogen and oxygen atoms in total. The van der Waals surface area contributed by atoms with Crippen LogP contribution in [-0.4, -0.2) is 41.9 Å². The molecular weight excluding hydrogens is 328 g/mol. The van der Waals surface area contributed by atoms with E-state index in [1.807, 2.05) is 0 Å². The van der Waals surface area contributed by atoms with Crippen LogP contribution in [0.1, 0.15) is 23.2 Å². The van der Waals surface area contributed by atoms with E-state index in [1.54, 1.807) is 18.2 Å². The molecule has 120 valence electrons. The summed E-state index contributed by atoms with van der Waals surface area (Å²) in [5, 5.41) is 9.50. The number of hydrogen-bond donors (Lipinski definition) is 3. The topological polar surface area (TPSA) is 116 Å². The maximum Gasteiger partial charge on any atom is 0.274 e. The number of alkyl halides is 1. The Kier molecular flexibility index (Phi) is 5.05. The molecule has 4 N–H and O–H groups in total. The van der Waals surface area contributed by atoms with Crippen molar-refractivity contribution in [1.82, 2.24) is 9.62 Å². The molecule has 0 spiro atoms. The molecular formula is C13H17ClN4O3S. The van der Waals surface area contributed by atoms with Crippen LogP contribution in [-0.2, 0) is 10.0 Å². The van der Waals surface area contributed by atoms with Crippen molar-refractivity contribution in [1.29, 1.82) is 5.41 Å². The highest BCUT2D eigenvalue weighted by Gasteiger charge is 2.39. The first-order valence-electron chi connectivity index (χ1n) is 6.69. The quantitative estimate of drug-likeness (QED) is 0.322. The van der Waals surface area contributed by atoms with E-state index in [4.69, 9.17) is 22.7 Å². The van der Waals surface area contributed by atoms with Crippen molar-refractivity contribution >= 4 is 33.5 Å². The zero-order chi connectivity index (χ0) is 16.3. The van der Waals surface area contributed by atoms with Crippen LogP contribution >= 0.6 is 11.6 Å². The van der Waals surface area contributed by atoms with E-state index in [1.165, 1.54) is 12.1 Å². The zero-order valence-corrected chi connectivity index (χ0v) is 13.3. The van der Waals surface area contributed by atoms with Gasteiger partial charge >= 0.3 is 0 Å². The van der Waals surface area contributed by atoms with Gasteiger partial charge in [-0.05, 0) is 25.0 Å². The maximum atomic E-state index is 12.6. The number of nitrogens with one attached hydrogen (secondary N) is 2. The van der Waals surface area contributed by atoms with E-state index in [0.717, 1.165) is 0 Å². The second-order valence-corrected chi connectivity index (χ2v) is 7.53. The average Bonchev–Trinajstić information content (AvgIpc) is 2.48. The van der Waals surface area contributed by atoms with Crippen LogP contribution < -0.4 is 11.1 Å². The number of nitrogens with two attached hydrogens (primary N) is 1. The maximum absolute atomic E-state index is 12.6. The molecule has 1 aliphatic heterocycles. The third kappa shape index (κ3) is 3.40. The summed E-state index contributed by atoms with van der Waals surface area (Å²) in [6.07, 6.45) is 0.756. The summed E-state index contributed by atoms with van der Waals surface area (Å²) in [7, 11) is -4.08. The van der Waals surface area contributed by atoms with Crippen LogP contribution in [0.5, 0.6) is 0 Å². The lowest BCUT2D eigenvalue weighted by molar-refractivity contribution is 0.0910. The first-order chi connectivity index (χ1) is 10.3. The number of carbonyl (C=O) groups is 1. The highest BCUT2D eigenvalue weighted by Crippen LogP contribution is 2.21. The number of benzene rings is 1. The van der Waals surface area contributed by atoms with Crippen molar-refractivity contribution < 1.29 is 13.2 Å². The molecule has 1 fully saturated rings. The predicted octanol–water partition coefficient (Wildman–Crippen LogP) is 0.669. The summed E-state index contributed by atoms with van der Waals surface area (Å²) >= 11 is 5.88. The second kappa shape index (κ2) is 6.64. The van der Waals surface area contributed by atoms with E-state index in [-0.39, 0.29) is 17.6 Å². The lowest BCUT2D eigenvalue weighted by Crippen LogP contribution is -2.53. The van der Waals surface area contributed by atoms with Gasteiger partial charge in [0.25, 0.3) is 5.91 Å². The van der Waals surface area contributed by atoms with E-state index in [2.05, 4.69) is 5.32 Å². The number of halogens is 1. The third-order valence-electron chi connectivity index (χ3n) is 3.41. The first-order valence-corrected chi connectivity index (χ1v) is 8.63. The molecule has 1 amide bonds. The number of carbonyl (C=O) groups excluding carboxylic acids is 1. The summed E-state index contributed by atoms with van der Waals surface area (Å²) in [6.45, 7) is 0.113. The van der Waals surface area contributed by atoms with Gasteiger partial charge in [0.1, 0.15) is 0 Å². The number of nitrogens with zero attached hydrogens (tertiary/aromatic N) is 1. The largest absolute Gasteiger partial charge is 0.369 e. The Bertz CT molecular complexity index is 657. The highest BCUT2D eigenvalue weighted by atomic mass is 35.5. The fourth-order valence-corrected chi connectivity index (χ4v) is 4.12. The fourth-order valence-electron chi connectivity index (χ4n) is 2.26. The Morgan fingerprint density at radius 3 is 2.45 bits per heavy atom. The van der Waals surface area contributed by atoms with Gasteiger partial charge < -0.3 is 5.73 Å². The summed E-state index contributed by atoms with van der Waals surface area (Å²) in [5.41, 5.74) is 5.22. The predicted molar refractivity (Wildman–Crippen MR) is 84.1 cm³/mol. The molecule has 1 aromatic carbocycles. The fraction of sp³-hybridized carbons (Fsp3) is 0.385. The Balaban J connectivity index is 2.31. The molecule has 1 aromatic rings. The van der Waals surface area contributed by atoms with Gasteiger partial charge in [-0.25, -0.2) is 8.42 Å². The molecule has 1 saturated heterocycles. The van der Waals surface area contributed by atoms with Gasteiger partial charge in [-0.3, -0.25) is 15.5 Å². The van der Waals surface area contributed by atoms with Gasteiger partial charge in [0.2, 0.25) is 16.0 Å². The molecule has 2 atom stereocenters. The van der Waals surface area contributed by atoms with Crippen molar-refractivity contribution in [2.75, 3.05) is 6.54 Å². The Hall–Kier alpha value is -1.64. The van der Waals surface area contributed by atoms with Gasteiger partial charge in [0.15, 0.2) is 0 Å². The van der Waals surface area contributed by atoms with Crippen LogP contribution in [0.2, 0.25) is 0 Å². The molecule has 0 aromatic heterocycles. The molecule has 22 heavy (non-hydrogen) atoms. The van der Waals surface area contributed by atoms with Crippen LogP contribution in [0, 0.1) is 5.41 Å². The summed E-state index contributed by atoms with van der Waals surface area (Å²) in [6, 6.07) is 7.87. The Morgan fingerprint density at radius 2 is 1.95 bits per heavy atom. The van der Waals surface area contributed by atoms with Crippen LogP contribution in [0.3, 0.4) is 0 Å². The number of guanidine groups is 1. The van der Waals surface area contributed by atoms with Gasteiger partial charge in [-0.15, -0.1) is 11.6 Å². The Morgan fingerprint density at radius 1 is 1.32 bits per heavy atom. The molecule has 0 aliphatic carbocycles. The number of amides is 1. The number of rotatable bonds is 3. The van der Waals surface area contributed by atoms with E-state index in [0.29, 0.717) is 17.1 Å². The van der Waals surface area contributed by atoms with E-state index in [9.17, 15) is 13.2 Å². The van der Waals surface area contributed by atoms with Crippen molar-refractivity contribution in [3.05, 3.63) is 35.9 Å². The third-order valence-corrected chi connectivity index (χ3v) is 5.90. The van der Waals surface area contributed by atoms with E-state index >= 15 is 0 Å². The standard InChI is InChI=1S/C13H17ClN4O3S/c14-11-7-6-10(8-17-11)22(20,21)18(13(15)16)12(19)9-4-2-1-3-5-9/h1-5,10-11,17H,6-8H2,(H3,15,16). The first kappa shape index (κ1) is 16.7. The molecule has 9 heteroatoms. The average molecular weight is 345 g/mol. The minimum absolute atomic E-state index is 0.113. The zero-order valence-electron chi connectivity index (χ0n) is 11.7. The van der Waals surface area contributed by atoms with E-state index < -0.39 is 27.1 Å². The second-order valence-electron chi connectivity index (χ2n) is 4.94. The molecule has 1 aliphatic rings. The Labute approximate surface area is 134 Å². The van der Waals surface area contributed by atoms with Gasteiger partial charge in [-0.2, -0.15) is 4.31 Å². The minimum Gasteiger partial charge on any atom is -0.369 e. The monoisotopic (exact) mass is 344 g/mol. The molecule has 2 rings (SSSR count). The lowest BCUT2D eigenvalue weighted by atomic mass is 10.2. The SMILES string of the molecule is N=C(N)N(C(=O)c1ccccc1)S(=O)(=O)C1CCC(Cl)NC1. The van der Waals surface area contributed by atoms with Crippen LogP contribution in [0.25, 0.3) is 0 Å². The normalized spacial score (nSPS) is 22.0. The highest BCUT2D eigenvalue weighted by molar-refractivity contribution is 7.90. The molecule has 0 bridgehead atoms. The van der Waals surface area contributed by atoms with Gasteiger partial charge in [0, 0.05) is 12.1 Å². The van der Waals surface area contributed by atoms with Crippen molar-refractivity contribution in [2.24, 2.45) is 5.73 Å². The summed E-state index contributed by atoms with van der Waals surface area (Å²) in [5.74, 6) is -1.65. The van der Waals surface area contributed by atoms with Crippen molar-refractivity contribution in [2.45, 2.75) is 23.6 Å². The van der Waals surface area contributed by atoms with Crippen LogP contribution in [0.15, 0.2) is 30.3 Å². The minimum atomic E-state index is -4.08. The molecule has 0 saturated carbocycles. The summed E-state index contributed by atoms with van der Waals surface area (Å²) < 4.78 is 25.7. The van der Waals surface area contributed by atoms with Gasteiger partial charge in [-0.1, -0.05) is 18.2 Å². The molecule has 2 unspecified atom stereocenters. The lowest BCUT2D eigenvalue weighted by Gasteiger charge is -2.30. The van der Waals surface area contributed by atoms with Crippen molar-refractivity contribution in [3.63, 3.8) is 0 Å². The van der Waals surface area contributed by atoms with Crippen LogP contribution in [0.4, 0.5) is 0 Å². The number of sulfonamides is 1. The number of hydrogen-bond acceptors (Lipinski definition) is 5. The summed E-state index contributed by atoms with van der Waals surface area (Å²) in [4.78, 5) is 12.4. The smallest absolute Gasteiger partial charge is 0.274 e. The number of piperidine rings is 1. The molecule has 0 radical (unpaired) electrons. The molecule has 1 heterocycles.